The molecule has 0 bridgehead atoms. The third-order valence-corrected chi connectivity index (χ3v) is 3.25. The van der Waals surface area contributed by atoms with Crippen molar-refractivity contribution in [2.45, 2.75) is 19.1 Å². The lowest BCUT2D eigenvalue weighted by atomic mass is 10.2. The number of rotatable bonds is 10. The van der Waals surface area contributed by atoms with Crippen LogP contribution in [0.25, 0.3) is 0 Å². The van der Waals surface area contributed by atoms with Crippen molar-refractivity contribution in [1.29, 1.82) is 0 Å². The van der Waals surface area contributed by atoms with Crippen molar-refractivity contribution in [2.24, 2.45) is 0 Å². The lowest BCUT2D eigenvalue weighted by Gasteiger charge is -2.10. The number of carbonyl (C=O) groups excluding carboxylic acids is 1. The number of hydrogen-bond donors (Lipinski definition) is 2. The Balaban J connectivity index is 2.07. The summed E-state index contributed by atoms with van der Waals surface area (Å²) in [6.07, 6.45) is 0.794. The minimum atomic E-state index is -1.02. The molecule has 1 unspecified atom stereocenters. The third-order valence-electron chi connectivity index (χ3n) is 2.40. The van der Waals surface area contributed by atoms with E-state index in [9.17, 15) is 9.59 Å². The van der Waals surface area contributed by atoms with Gasteiger partial charge in [-0.25, -0.2) is 4.79 Å². The number of ether oxygens (including phenoxy) is 1. The molecule has 0 aliphatic heterocycles. The number of carbonyl (C=O) groups is 2. The number of hydrogen-bond acceptors (Lipinski definition) is 4. The summed E-state index contributed by atoms with van der Waals surface area (Å²) >= 11 is 1.50. The van der Waals surface area contributed by atoms with Crippen molar-refractivity contribution in [3.05, 3.63) is 35.9 Å². The van der Waals surface area contributed by atoms with Gasteiger partial charge >= 0.3 is 5.97 Å². The fraction of sp³-hybridized carbons (Fsp3) is 0.385. The Kier molecular flexibility index (Phi) is 7.69. The largest absolute Gasteiger partial charge is 0.480 e. The molecule has 0 saturated carbocycles. The highest BCUT2D eigenvalue weighted by Gasteiger charge is 2.15. The monoisotopic (exact) mass is 283 g/mol. The van der Waals surface area contributed by atoms with E-state index in [1.807, 2.05) is 30.3 Å². The molecule has 0 heterocycles. The van der Waals surface area contributed by atoms with Gasteiger partial charge in [0.05, 0.1) is 12.5 Å². The van der Waals surface area contributed by atoms with Crippen LogP contribution in [0.4, 0.5) is 0 Å². The Morgan fingerprint density at radius 3 is 2.79 bits per heavy atom. The predicted molar refractivity (Wildman–Crippen MR) is 73.8 cm³/mol. The maximum atomic E-state index is 10.7. The molecule has 19 heavy (non-hydrogen) atoms. The quantitative estimate of drug-likeness (QED) is 0.386. The van der Waals surface area contributed by atoms with Gasteiger partial charge < -0.3 is 15.2 Å². The molecule has 5 nitrogen and oxygen atoms in total. The van der Waals surface area contributed by atoms with Gasteiger partial charge in [-0.1, -0.05) is 30.3 Å². The maximum Gasteiger partial charge on any atom is 0.326 e. The van der Waals surface area contributed by atoms with Gasteiger partial charge in [0, 0.05) is 0 Å². The Labute approximate surface area is 116 Å². The number of thioether (sulfide) groups is 1. The van der Waals surface area contributed by atoms with E-state index in [2.05, 4.69) is 5.32 Å². The number of benzene rings is 1. The van der Waals surface area contributed by atoms with Gasteiger partial charge in [0.2, 0.25) is 6.41 Å². The van der Waals surface area contributed by atoms with Gasteiger partial charge in [0.25, 0.3) is 0 Å². The van der Waals surface area contributed by atoms with Crippen LogP contribution in [0.5, 0.6) is 0 Å². The number of aliphatic carboxylic acids is 1. The van der Waals surface area contributed by atoms with Crippen LogP contribution < -0.4 is 5.32 Å². The second-order valence-corrected chi connectivity index (χ2v) is 4.88. The summed E-state index contributed by atoms with van der Waals surface area (Å²) in [5.74, 6) is 0.104. The summed E-state index contributed by atoms with van der Waals surface area (Å²) in [5, 5.41) is 11.1. The first-order valence-electron chi connectivity index (χ1n) is 5.86. The van der Waals surface area contributed by atoms with Crippen LogP contribution in [0.1, 0.15) is 12.0 Å². The molecule has 1 aromatic carbocycles. The Bertz CT molecular complexity index is 385. The lowest BCUT2D eigenvalue weighted by Crippen LogP contribution is -2.36. The maximum absolute atomic E-state index is 10.7. The summed E-state index contributed by atoms with van der Waals surface area (Å²) in [6, 6.07) is 9.00. The highest BCUT2D eigenvalue weighted by Crippen LogP contribution is 2.08. The van der Waals surface area contributed by atoms with Gasteiger partial charge in [-0.05, 0) is 17.7 Å². The minimum Gasteiger partial charge on any atom is -0.480 e. The van der Waals surface area contributed by atoms with Crippen molar-refractivity contribution >= 4 is 24.1 Å². The minimum absolute atomic E-state index is 0.382. The molecule has 1 atom stereocenters. The summed E-state index contributed by atoms with van der Waals surface area (Å²) in [4.78, 5) is 20.9. The molecule has 0 aliphatic carbocycles. The number of carboxylic acids is 1. The molecule has 0 radical (unpaired) electrons. The van der Waals surface area contributed by atoms with E-state index in [0.29, 0.717) is 31.1 Å². The zero-order valence-corrected chi connectivity index (χ0v) is 11.3. The zero-order valence-electron chi connectivity index (χ0n) is 10.5. The molecular formula is C13H17NO4S. The van der Waals surface area contributed by atoms with Crippen molar-refractivity contribution in [1.82, 2.24) is 5.32 Å². The predicted octanol–water partition coefficient (Wildman–Crippen LogP) is 1.48. The summed E-state index contributed by atoms with van der Waals surface area (Å²) < 4.78 is 5.45. The Morgan fingerprint density at radius 2 is 2.16 bits per heavy atom. The standard InChI is InChI=1S/C13H17NO4S/c15-9-14-12(13(16)17)6-7-19-10-18-8-11-4-2-1-3-5-11/h1-5,9,12H,6-8,10H2,(H,14,15)(H,16,17). The van der Waals surface area contributed by atoms with Crippen LogP contribution in [0.3, 0.4) is 0 Å². The highest BCUT2D eigenvalue weighted by molar-refractivity contribution is 7.99. The molecule has 0 spiro atoms. The molecule has 0 saturated heterocycles. The van der Waals surface area contributed by atoms with E-state index in [1.54, 1.807) is 0 Å². The van der Waals surface area contributed by atoms with Crippen molar-refractivity contribution in [2.75, 3.05) is 11.7 Å². The van der Waals surface area contributed by atoms with Crippen molar-refractivity contribution in [3.8, 4) is 0 Å². The fourth-order valence-electron chi connectivity index (χ4n) is 1.41. The van der Waals surface area contributed by atoms with Gasteiger partial charge in [0.1, 0.15) is 6.04 Å². The molecule has 0 aliphatic rings. The summed E-state index contributed by atoms with van der Waals surface area (Å²) in [6.45, 7) is 0.544. The molecule has 2 N–H and O–H groups in total. The first-order valence-corrected chi connectivity index (χ1v) is 7.01. The molecule has 6 heteroatoms. The fourth-order valence-corrected chi connectivity index (χ4v) is 2.13. The van der Waals surface area contributed by atoms with Crippen LogP contribution in [0.15, 0.2) is 30.3 Å². The van der Waals surface area contributed by atoms with Crippen molar-refractivity contribution in [3.63, 3.8) is 0 Å². The highest BCUT2D eigenvalue weighted by atomic mass is 32.2. The van der Waals surface area contributed by atoms with Crippen LogP contribution in [-0.2, 0) is 20.9 Å². The smallest absolute Gasteiger partial charge is 0.326 e. The van der Waals surface area contributed by atoms with Crippen molar-refractivity contribution < 1.29 is 19.4 Å². The molecular weight excluding hydrogens is 266 g/mol. The van der Waals surface area contributed by atoms with E-state index >= 15 is 0 Å². The molecule has 0 aromatic heterocycles. The summed E-state index contributed by atoms with van der Waals surface area (Å²) in [5.41, 5.74) is 1.11. The first-order chi connectivity index (χ1) is 9.24. The second kappa shape index (κ2) is 9.41. The lowest BCUT2D eigenvalue weighted by molar-refractivity contribution is -0.140. The topological polar surface area (TPSA) is 75.6 Å². The Hall–Kier alpha value is -1.53. The van der Waals surface area contributed by atoms with Crippen LogP contribution in [-0.4, -0.2) is 35.2 Å². The van der Waals surface area contributed by atoms with Gasteiger partial charge in [-0.15, -0.1) is 11.8 Å². The van der Waals surface area contributed by atoms with Crippen LogP contribution in [0.2, 0.25) is 0 Å². The SMILES string of the molecule is O=CNC(CCSCOCc1ccccc1)C(=O)O. The van der Waals surface area contributed by atoms with Crippen LogP contribution in [0, 0.1) is 0 Å². The summed E-state index contributed by atoms with van der Waals surface area (Å²) in [7, 11) is 0. The van der Waals surface area contributed by atoms with Crippen LogP contribution >= 0.6 is 11.8 Å². The molecule has 1 rings (SSSR count). The van der Waals surface area contributed by atoms with E-state index in [-0.39, 0.29) is 0 Å². The first kappa shape index (κ1) is 15.5. The number of amides is 1. The average Bonchev–Trinajstić information content (AvgIpc) is 2.42. The number of nitrogens with one attached hydrogen (secondary N) is 1. The normalized spacial score (nSPS) is 11.8. The van der Waals surface area contributed by atoms with E-state index < -0.39 is 12.0 Å². The van der Waals surface area contributed by atoms with E-state index in [1.165, 1.54) is 11.8 Å². The molecule has 0 fully saturated rings. The van der Waals surface area contributed by atoms with Gasteiger partial charge in [-0.2, -0.15) is 0 Å². The molecule has 104 valence electrons. The Morgan fingerprint density at radius 1 is 1.42 bits per heavy atom. The zero-order chi connectivity index (χ0) is 13.9. The molecule has 1 aromatic rings. The van der Waals surface area contributed by atoms with E-state index in [0.717, 1.165) is 5.56 Å². The van der Waals surface area contributed by atoms with Gasteiger partial charge in [0.15, 0.2) is 0 Å². The van der Waals surface area contributed by atoms with E-state index in [4.69, 9.17) is 9.84 Å². The molecule has 1 amide bonds. The third kappa shape index (κ3) is 6.83. The second-order valence-electron chi connectivity index (χ2n) is 3.82. The average molecular weight is 283 g/mol. The van der Waals surface area contributed by atoms with Gasteiger partial charge in [-0.3, -0.25) is 4.79 Å². The number of carboxylic acid groups (broad SMARTS) is 1.